The predicted octanol–water partition coefficient (Wildman–Crippen LogP) is 0.314. The average Bonchev–Trinajstić information content (AvgIpc) is 1.88. The third kappa shape index (κ3) is 3.30. The zero-order chi connectivity index (χ0) is 7.11. The largest absolute Gasteiger partial charge is 0.393 e. The maximum atomic E-state index is 8.34. The van der Waals surface area contributed by atoms with Gasteiger partial charge in [-0.1, -0.05) is 0 Å². The van der Waals surface area contributed by atoms with E-state index in [1.807, 2.05) is 6.07 Å². The first-order valence-electron chi connectivity index (χ1n) is 2.55. The summed E-state index contributed by atoms with van der Waals surface area (Å²) in [6.45, 7) is 0. The molecule has 0 aliphatic heterocycles. The number of rotatable bonds is 2. The molecule has 0 aromatic carbocycles. The maximum Gasteiger partial charge on any atom is 0.102 e. The lowest BCUT2D eigenvalue weighted by Crippen LogP contribution is -1.95. The van der Waals surface area contributed by atoms with Crippen LogP contribution in [0.3, 0.4) is 0 Å². The highest BCUT2D eigenvalue weighted by Crippen LogP contribution is 1.81. The van der Waals surface area contributed by atoms with Crippen molar-refractivity contribution < 1.29 is 0 Å². The fourth-order valence-electron chi connectivity index (χ4n) is 0.393. The molecule has 0 spiro atoms. The maximum absolute atomic E-state index is 8.34. The Balaban J connectivity index is 4.02. The molecule has 3 heteroatoms. The van der Waals surface area contributed by atoms with Gasteiger partial charge in [0.25, 0.3) is 0 Å². The van der Waals surface area contributed by atoms with Gasteiger partial charge >= 0.3 is 0 Å². The summed E-state index contributed by atoms with van der Waals surface area (Å²) in [4.78, 5) is 3.67. The molecular weight excluding hydrogens is 114 g/mol. The van der Waals surface area contributed by atoms with Crippen LogP contribution in [0.2, 0.25) is 0 Å². The van der Waals surface area contributed by atoms with Crippen molar-refractivity contribution in [1.82, 2.24) is 5.32 Å². The van der Waals surface area contributed by atoms with Crippen molar-refractivity contribution >= 4 is 6.21 Å². The average molecular weight is 123 g/mol. The Morgan fingerprint density at radius 2 is 2.44 bits per heavy atom. The van der Waals surface area contributed by atoms with E-state index in [1.165, 1.54) is 6.21 Å². The fourth-order valence-corrected chi connectivity index (χ4v) is 0.393. The molecule has 9 heavy (non-hydrogen) atoms. The van der Waals surface area contributed by atoms with Gasteiger partial charge in [-0.15, -0.1) is 0 Å². The minimum atomic E-state index is 0.528. The van der Waals surface area contributed by atoms with Gasteiger partial charge in [0.2, 0.25) is 0 Å². The van der Waals surface area contributed by atoms with Gasteiger partial charge < -0.3 is 5.32 Å². The van der Waals surface area contributed by atoms with E-state index in [2.05, 4.69) is 10.3 Å². The Morgan fingerprint density at radius 1 is 1.78 bits per heavy atom. The molecule has 0 rings (SSSR count). The van der Waals surface area contributed by atoms with Gasteiger partial charge in [0.15, 0.2) is 0 Å². The van der Waals surface area contributed by atoms with E-state index >= 15 is 0 Å². The van der Waals surface area contributed by atoms with Crippen LogP contribution < -0.4 is 5.32 Å². The van der Waals surface area contributed by atoms with Crippen molar-refractivity contribution in [3.8, 4) is 6.07 Å². The number of allylic oxidation sites excluding steroid dienone is 1. The summed E-state index contributed by atoms with van der Waals surface area (Å²) in [6.07, 6.45) is 3.09. The normalized spacial score (nSPS) is 11.4. The van der Waals surface area contributed by atoms with Crippen molar-refractivity contribution in [3.05, 3.63) is 11.8 Å². The fraction of sp³-hybridized carbons (Fsp3) is 0.333. The number of nitrogens with one attached hydrogen (secondary N) is 1. The second-order valence-electron chi connectivity index (χ2n) is 1.39. The minimum absolute atomic E-state index is 0.528. The molecule has 3 nitrogen and oxygen atoms in total. The Labute approximate surface area is 54.7 Å². The molecule has 0 aliphatic carbocycles. The quantitative estimate of drug-likeness (QED) is 0.424. The summed E-state index contributed by atoms with van der Waals surface area (Å²) in [6, 6.07) is 1.95. The van der Waals surface area contributed by atoms with Gasteiger partial charge in [-0.3, -0.25) is 4.99 Å². The monoisotopic (exact) mass is 123 g/mol. The van der Waals surface area contributed by atoms with Crippen molar-refractivity contribution in [2.24, 2.45) is 4.99 Å². The number of hydrogen-bond acceptors (Lipinski definition) is 3. The molecule has 0 atom stereocenters. The highest BCUT2D eigenvalue weighted by Gasteiger charge is 1.83. The van der Waals surface area contributed by atoms with Crippen molar-refractivity contribution in [2.45, 2.75) is 0 Å². The SMILES string of the molecule is CN=C/C(C#N)=C\NC. The Bertz CT molecular complexity index is 162. The molecule has 0 unspecified atom stereocenters. The lowest BCUT2D eigenvalue weighted by atomic mass is 10.3. The summed E-state index contributed by atoms with van der Waals surface area (Å²) in [7, 11) is 3.36. The van der Waals surface area contributed by atoms with Gasteiger partial charge in [0.1, 0.15) is 6.07 Å². The summed E-state index contributed by atoms with van der Waals surface area (Å²) < 4.78 is 0. The van der Waals surface area contributed by atoms with E-state index < -0.39 is 0 Å². The predicted molar refractivity (Wildman–Crippen MR) is 37.2 cm³/mol. The number of nitriles is 1. The summed E-state index contributed by atoms with van der Waals surface area (Å²) in [5.74, 6) is 0. The molecule has 0 radical (unpaired) electrons. The zero-order valence-electron chi connectivity index (χ0n) is 5.55. The molecule has 0 aromatic rings. The van der Waals surface area contributed by atoms with Crippen molar-refractivity contribution in [2.75, 3.05) is 14.1 Å². The standard InChI is InChI=1S/C6H9N3/c1-8-4-6(3-7)5-9-2/h4-5,8H,1-2H3/b6-4-,9-5?. The first-order chi connectivity index (χ1) is 4.35. The molecular formula is C6H9N3. The van der Waals surface area contributed by atoms with E-state index in [0.717, 1.165) is 0 Å². The van der Waals surface area contributed by atoms with E-state index in [1.54, 1.807) is 20.3 Å². The summed E-state index contributed by atoms with van der Waals surface area (Å²) in [5.41, 5.74) is 0.528. The first-order valence-corrected chi connectivity index (χ1v) is 2.55. The molecule has 0 saturated heterocycles. The molecule has 48 valence electrons. The smallest absolute Gasteiger partial charge is 0.102 e. The molecule has 0 amide bonds. The Kier molecular flexibility index (Phi) is 4.15. The van der Waals surface area contributed by atoms with Crippen LogP contribution in [0.4, 0.5) is 0 Å². The summed E-state index contributed by atoms with van der Waals surface area (Å²) >= 11 is 0. The van der Waals surface area contributed by atoms with Gasteiger partial charge in [-0.25, -0.2) is 0 Å². The van der Waals surface area contributed by atoms with Gasteiger partial charge in [-0.05, 0) is 0 Å². The van der Waals surface area contributed by atoms with Crippen LogP contribution in [0.5, 0.6) is 0 Å². The third-order valence-electron chi connectivity index (χ3n) is 0.697. The van der Waals surface area contributed by atoms with E-state index in [4.69, 9.17) is 5.26 Å². The molecule has 0 aliphatic rings. The van der Waals surface area contributed by atoms with E-state index in [9.17, 15) is 0 Å². The van der Waals surface area contributed by atoms with Crippen molar-refractivity contribution in [3.63, 3.8) is 0 Å². The number of nitrogens with zero attached hydrogens (tertiary/aromatic N) is 2. The van der Waals surface area contributed by atoms with Gasteiger partial charge in [0.05, 0.1) is 5.57 Å². The third-order valence-corrected chi connectivity index (χ3v) is 0.697. The highest BCUT2D eigenvalue weighted by molar-refractivity contribution is 5.83. The molecule has 0 saturated carbocycles. The van der Waals surface area contributed by atoms with Crippen molar-refractivity contribution in [1.29, 1.82) is 5.26 Å². The van der Waals surface area contributed by atoms with E-state index in [0.29, 0.717) is 5.57 Å². The van der Waals surface area contributed by atoms with Gasteiger partial charge in [-0.2, -0.15) is 5.26 Å². The first kappa shape index (κ1) is 7.70. The number of aliphatic imine (C=N–C) groups is 1. The second-order valence-corrected chi connectivity index (χ2v) is 1.39. The molecule has 0 bridgehead atoms. The van der Waals surface area contributed by atoms with Crippen LogP contribution in [0.1, 0.15) is 0 Å². The molecule has 0 aromatic heterocycles. The molecule has 0 heterocycles. The summed E-state index contributed by atoms with van der Waals surface area (Å²) in [5, 5.41) is 11.1. The van der Waals surface area contributed by atoms with Crippen LogP contribution >= 0.6 is 0 Å². The zero-order valence-corrected chi connectivity index (χ0v) is 5.55. The van der Waals surface area contributed by atoms with Gasteiger partial charge in [0, 0.05) is 26.5 Å². The second kappa shape index (κ2) is 4.85. The highest BCUT2D eigenvalue weighted by atomic mass is 14.8. The molecule has 1 N–H and O–H groups in total. The topological polar surface area (TPSA) is 48.2 Å². The van der Waals surface area contributed by atoms with Crippen LogP contribution in [0.25, 0.3) is 0 Å². The Hall–Kier alpha value is -1.30. The minimum Gasteiger partial charge on any atom is -0.393 e. The van der Waals surface area contributed by atoms with Crippen LogP contribution in [-0.2, 0) is 0 Å². The lowest BCUT2D eigenvalue weighted by Gasteiger charge is -1.85. The van der Waals surface area contributed by atoms with Crippen LogP contribution in [0, 0.1) is 11.3 Å². The lowest BCUT2D eigenvalue weighted by molar-refractivity contribution is 1.10. The molecule has 0 fully saturated rings. The van der Waals surface area contributed by atoms with Crippen LogP contribution in [0.15, 0.2) is 16.8 Å². The Morgan fingerprint density at radius 3 is 2.78 bits per heavy atom. The van der Waals surface area contributed by atoms with Crippen LogP contribution in [-0.4, -0.2) is 20.3 Å². The number of hydrogen-bond donors (Lipinski definition) is 1. The van der Waals surface area contributed by atoms with E-state index in [-0.39, 0.29) is 0 Å².